The first-order chi connectivity index (χ1) is 26.0. The second-order valence-corrected chi connectivity index (χ2v) is 15.6. The summed E-state index contributed by atoms with van der Waals surface area (Å²) >= 11 is 6.04. The number of ketones is 1. The summed E-state index contributed by atoms with van der Waals surface area (Å²) in [5.74, 6) is -1.76. The molecule has 294 valence electrons. The first kappa shape index (κ1) is 39.7. The average molecular weight is 786 g/mol. The monoisotopic (exact) mass is 785 g/mol. The van der Waals surface area contributed by atoms with Gasteiger partial charge in [-0.25, -0.2) is 4.79 Å². The standard InChI is InChI=1S/C38H43ClF3N7O6/c1-20-26-17-23(36(26,2)3)18-28(20)45-31(52)29(50)14-13-27(32(53)54-4)44-30(51)21-5-11-25(12-6-21)43-33-46-34(48-35(47-33)55-19-38(40,41)42)49-37(15-16-37)22-7-9-24(39)10-8-22/h5-12,20,23,26-28H,13-19H2,1-4H3,(H,44,51)(H,45,52)(H2,43,46,47,48,49)/t20-,23-,26-,27-,28-/m0/s1. The van der Waals surface area contributed by atoms with Gasteiger partial charge >= 0.3 is 18.2 Å². The largest absolute Gasteiger partial charge is 0.467 e. The number of nitrogens with one attached hydrogen (secondary N) is 4. The van der Waals surface area contributed by atoms with Crippen LogP contribution in [0.15, 0.2) is 48.5 Å². The smallest absolute Gasteiger partial charge is 0.422 e. The van der Waals surface area contributed by atoms with Gasteiger partial charge in [0.2, 0.25) is 17.7 Å². The van der Waals surface area contributed by atoms with Gasteiger partial charge < -0.3 is 30.7 Å². The zero-order chi connectivity index (χ0) is 39.7. The van der Waals surface area contributed by atoms with Crippen LogP contribution in [0.4, 0.5) is 30.8 Å². The molecular weight excluding hydrogens is 743 g/mol. The first-order valence-electron chi connectivity index (χ1n) is 18.1. The van der Waals surface area contributed by atoms with Crippen molar-refractivity contribution in [3.05, 3.63) is 64.7 Å². The van der Waals surface area contributed by atoms with E-state index in [0.29, 0.717) is 35.4 Å². The Morgan fingerprint density at radius 2 is 1.64 bits per heavy atom. The number of halogens is 4. The predicted octanol–water partition coefficient (Wildman–Crippen LogP) is 6.12. The molecule has 4 N–H and O–H groups in total. The zero-order valence-corrected chi connectivity index (χ0v) is 31.5. The van der Waals surface area contributed by atoms with Gasteiger partial charge in [-0.15, -0.1) is 0 Å². The molecule has 4 fully saturated rings. The van der Waals surface area contributed by atoms with E-state index in [1.54, 1.807) is 12.1 Å². The number of ether oxygens (including phenoxy) is 2. The molecule has 1 aromatic heterocycles. The van der Waals surface area contributed by atoms with Crippen molar-refractivity contribution in [2.24, 2.45) is 23.2 Å². The van der Waals surface area contributed by atoms with Crippen LogP contribution in [0.25, 0.3) is 0 Å². The average Bonchev–Trinajstić information content (AvgIpc) is 3.92. The Bertz CT molecular complexity index is 1920. The molecule has 2 aromatic carbocycles. The van der Waals surface area contributed by atoms with Crippen molar-refractivity contribution in [1.82, 2.24) is 25.6 Å². The minimum Gasteiger partial charge on any atom is -0.467 e. The molecule has 0 aliphatic heterocycles. The van der Waals surface area contributed by atoms with Gasteiger partial charge in [0.1, 0.15) is 6.04 Å². The van der Waals surface area contributed by atoms with E-state index in [2.05, 4.69) is 57.0 Å². The topological polar surface area (TPSA) is 174 Å². The van der Waals surface area contributed by atoms with Gasteiger partial charge in [0.25, 0.3) is 11.8 Å². The summed E-state index contributed by atoms with van der Waals surface area (Å²) in [6, 6.07) is 11.2. The molecule has 4 aliphatic carbocycles. The van der Waals surface area contributed by atoms with Crippen molar-refractivity contribution >= 4 is 52.8 Å². The van der Waals surface area contributed by atoms with Crippen LogP contribution in [0.1, 0.15) is 75.2 Å². The van der Waals surface area contributed by atoms with Crippen molar-refractivity contribution in [3.8, 4) is 6.01 Å². The number of Topliss-reactive ketones (excluding diaryl/α,β-unsaturated/α-hetero) is 1. The van der Waals surface area contributed by atoms with E-state index >= 15 is 0 Å². The summed E-state index contributed by atoms with van der Waals surface area (Å²) in [5.41, 5.74) is 1.08. The van der Waals surface area contributed by atoms with Gasteiger partial charge in [0.05, 0.1) is 12.6 Å². The van der Waals surface area contributed by atoms with E-state index in [1.165, 1.54) is 24.3 Å². The van der Waals surface area contributed by atoms with Crippen LogP contribution in [0.2, 0.25) is 5.02 Å². The van der Waals surface area contributed by atoms with E-state index in [1.807, 2.05) is 12.1 Å². The number of fused-ring (bicyclic) bond motifs is 2. The second kappa shape index (κ2) is 15.6. The van der Waals surface area contributed by atoms with E-state index in [4.69, 9.17) is 21.1 Å². The molecule has 0 spiro atoms. The van der Waals surface area contributed by atoms with E-state index in [-0.39, 0.29) is 47.7 Å². The predicted molar refractivity (Wildman–Crippen MR) is 196 cm³/mol. The minimum absolute atomic E-state index is 0.0213. The van der Waals surface area contributed by atoms with Crippen LogP contribution in [-0.4, -0.2) is 70.5 Å². The Labute approximate surface area is 320 Å². The van der Waals surface area contributed by atoms with Gasteiger partial charge in [0, 0.05) is 28.7 Å². The lowest BCUT2D eigenvalue weighted by Gasteiger charge is -2.62. The number of rotatable bonds is 15. The van der Waals surface area contributed by atoms with Crippen LogP contribution in [0, 0.1) is 23.2 Å². The molecule has 2 amide bonds. The lowest BCUT2D eigenvalue weighted by Crippen LogP contribution is -2.61. The summed E-state index contributed by atoms with van der Waals surface area (Å²) in [4.78, 5) is 63.7. The summed E-state index contributed by atoms with van der Waals surface area (Å²) in [6.07, 6.45) is -1.70. The number of esters is 1. The number of amides is 2. The van der Waals surface area contributed by atoms with Crippen LogP contribution < -0.4 is 26.0 Å². The highest BCUT2D eigenvalue weighted by atomic mass is 35.5. The molecule has 3 aromatic rings. The van der Waals surface area contributed by atoms with Gasteiger partial charge in [-0.3, -0.25) is 14.4 Å². The maximum Gasteiger partial charge on any atom is 0.422 e. The Hall–Kier alpha value is -4.99. The maximum absolute atomic E-state index is 13.2. The lowest BCUT2D eigenvalue weighted by molar-refractivity contribution is -0.154. The van der Waals surface area contributed by atoms with Gasteiger partial charge in [-0.1, -0.05) is 44.5 Å². The summed E-state index contributed by atoms with van der Waals surface area (Å²) in [7, 11) is 1.15. The van der Waals surface area contributed by atoms with Gasteiger partial charge in [0.15, 0.2) is 6.61 Å². The van der Waals surface area contributed by atoms with Crippen molar-refractivity contribution in [1.29, 1.82) is 0 Å². The Kier molecular flexibility index (Phi) is 11.3. The normalized spacial score (nSPS) is 22.3. The maximum atomic E-state index is 13.2. The Morgan fingerprint density at radius 3 is 2.24 bits per heavy atom. The van der Waals surface area contributed by atoms with Crippen molar-refractivity contribution in [3.63, 3.8) is 0 Å². The molecule has 1 heterocycles. The third-order valence-corrected chi connectivity index (χ3v) is 11.5. The van der Waals surface area contributed by atoms with E-state index < -0.39 is 53.9 Å². The van der Waals surface area contributed by atoms with Gasteiger partial charge in [-0.2, -0.15) is 28.1 Å². The molecule has 5 atom stereocenters. The lowest BCUT2D eigenvalue weighted by atomic mass is 9.45. The number of aromatic nitrogens is 3. The number of hydrogen-bond donors (Lipinski definition) is 4. The number of nitrogens with zero attached hydrogens (tertiary/aromatic N) is 3. The third kappa shape index (κ3) is 9.28. The fourth-order valence-electron chi connectivity index (χ4n) is 7.72. The summed E-state index contributed by atoms with van der Waals surface area (Å²) in [6.45, 7) is 4.98. The van der Waals surface area contributed by atoms with Crippen LogP contribution in [0.3, 0.4) is 0 Å². The second-order valence-electron chi connectivity index (χ2n) is 15.1. The molecule has 55 heavy (non-hydrogen) atoms. The molecule has 13 nitrogen and oxygen atoms in total. The summed E-state index contributed by atoms with van der Waals surface area (Å²) in [5, 5.41) is 12.1. The number of alkyl halides is 3. The number of methoxy groups -OCH3 is 1. The van der Waals surface area contributed by atoms with Crippen LogP contribution in [0.5, 0.6) is 6.01 Å². The number of anilines is 3. The molecule has 4 saturated carbocycles. The number of benzene rings is 2. The fourth-order valence-corrected chi connectivity index (χ4v) is 7.84. The molecule has 7 rings (SSSR count). The highest BCUT2D eigenvalue weighted by molar-refractivity contribution is 6.36. The molecule has 0 unspecified atom stereocenters. The fraction of sp³-hybridized carbons (Fsp3) is 0.500. The van der Waals surface area contributed by atoms with Crippen molar-refractivity contribution in [2.75, 3.05) is 24.4 Å². The number of carbonyl (C=O) groups is 4. The quantitative estimate of drug-likeness (QED) is 0.103. The van der Waals surface area contributed by atoms with Gasteiger partial charge in [-0.05, 0) is 97.2 Å². The Morgan fingerprint density at radius 1 is 0.964 bits per heavy atom. The van der Waals surface area contributed by atoms with E-state index in [9.17, 15) is 32.3 Å². The van der Waals surface area contributed by atoms with Crippen molar-refractivity contribution < 1.29 is 41.8 Å². The zero-order valence-electron chi connectivity index (χ0n) is 30.8. The molecule has 4 aliphatic rings. The molecule has 0 radical (unpaired) electrons. The number of hydrogen-bond acceptors (Lipinski definition) is 11. The molecule has 2 bridgehead atoms. The van der Waals surface area contributed by atoms with Crippen LogP contribution in [-0.2, 0) is 24.7 Å². The van der Waals surface area contributed by atoms with Crippen LogP contribution >= 0.6 is 11.6 Å². The Balaban J connectivity index is 1.07. The SMILES string of the molecule is COC(=O)[C@H](CCC(=O)C(=O)N[C@H]1C[C@@H]2C[C@@H]([C@@H]1C)C2(C)C)NC(=O)c1ccc(Nc2nc(NC3(c4ccc(Cl)cc4)CC3)nc(OCC(F)(F)F)n2)cc1. The molecular formula is C38H43ClF3N7O6. The molecule has 17 heteroatoms. The minimum atomic E-state index is -4.63. The number of carbonyl (C=O) groups excluding carboxylic acids is 4. The highest BCUT2D eigenvalue weighted by Crippen LogP contribution is 2.61. The summed E-state index contributed by atoms with van der Waals surface area (Å²) < 4.78 is 48.6. The third-order valence-electron chi connectivity index (χ3n) is 11.3. The first-order valence-corrected chi connectivity index (χ1v) is 18.4. The van der Waals surface area contributed by atoms with E-state index in [0.717, 1.165) is 25.5 Å². The highest BCUT2D eigenvalue weighted by Gasteiger charge is 2.56. The van der Waals surface area contributed by atoms with Crippen molar-refractivity contribution in [2.45, 2.75) is 83.1 Å². The molecule has 0 saturated heterocycles.